The normalized spacial score (nSPS) is 12.8. The van der Waals surface area contributed by atoms with Gasteiger partial charge in [0.2, 0.25) is 5.78 Å². The summed E-state index contributed by atoms with van der Waals surface area (Å²) in [4.78, 5) is 22.4. The summed E-state index contributed by atoms with van der Waals surface area (Å²) in [5, 5.41) is 0. The molecule has 0 aliphatic rings. The SMILES string of the molecule is CCOP(=O)(O)Oc1ccc(C(=O)c2c(OC)cc(OC)cc2OC)cc1. The Bertz CT molecular complexity index is 822. The molecule has 9 heteroatoms. The molecule has 0 aliphatic carbocycles. The Hall–Kier alpha value is -2.54. The average molecular weight is 396 g/mol. The molecule has 8 nitrogen and oxygen atoms in total. The lowest BCUT2D eigenvalue weighted by molar-refractivity contribution is 0.103. The Morgan fingerprint density at radius 3 is 1.96 bits per heavy atom. The third-order valence-corrected chi connectivity index (χ3v) is 4.60. The molecule has 0 heterocycles. The molecule has 2 aromatic carbocycles. The highest BCUT2D eigenvalue weighted by atomic mass is 31.2. The zero-order valence-corrected chi connectivity index (χ0v) is 16.3. The smallest absolute Gasteiger partial charge is 0.496 e. The molecule has 146 valence electrons. The van der Waals surface area contributed by atoms with Crippen molar-refractivity contribution in [2.45, 2.75) is 6.92 Å². The monoisotopic (exact) mass is 396 g/mol. The fraction of sp³-hybridized carbons (Fsp3) is 0.278. The van der Waals surface area contributed by atoms with E-state index in [1.807, 2.05) is 0 Å². The van der Waals surface area contributed by atoms with E-state index in [0.717, 1.165) is 0 Å². The van der Waals surface area contributed by atoms with E-state index in [0.29, 0.717) is 22.8 Å². The first-order valence-corrected chi connectivity index (χ1v) is 9.46. The number of ketones is 1. The highest BCUT2D eigenvalue weighted by Crippen LogP contribution is 2.43. The van der Waals surface area contributed by atoms with Crippen LogP contribution in [0, 0.1) is 0 Å². The molecule has 0 saturated carbocycles. The Morgan fingerprint density at radius 2 is 1.52 bits per heavy atom. The van der Waals surface area contributed by atoms with Gasteiger partial charge in [0.05, 0.1) is 27.9 Å². The molecule has 2 rings (SSSR count). The molecule has 0 amide bonds. The summed E-state index contributed by atoms with van der Waals surface area (Å²) in [6.45, 7) is 1.60. The van der Waals surface area contributed by atoms with Crippen molar-refractivity contribution in [3.63, 3.8) is 0 Å². The van der Waals surface area contributed by atoms with E-state index < -0.39 is 7.82 Å². The van der Waals surface area contributed by atoms with Crippen molar-refractivity contribution in [2.75, 3.05) is 27.9 Å². The van der Waals surface area contributed by atoms with Crippen LogP contribution in [0.3, 0.4) is 0 Å². The largest absolute Gasteiger partial charge is 0.527 e. The second-order valence-corrected chi connectivity index (χ2v) is 6.62. The molecule has 0 fully saturated rings. The van der Waals surface area contributed by atoms with Gasteiger partial charge in [-0.2, -0.15) is 0 Å². The van der Waals surface area contributed by atoms with Crippen LogP contribution in [0.5, 0.6) is 23.0 Å². The van der Waals surface area contributed by atoms with E-state index in [9.17, 15) is 14.3 Å². The molecule has 2 aromatic rings. The van der Waals surface area contributed by atoms with Gasteiger partial charge in [-0.15, -0.1) is 0 Å². The summed E-state index contributed by atoms with van der Waals surface area (Å²) < 4.78 is 37.0. The van der Waals surface area contributed by atoms with Gasteiger partial charge in [-0.1, -0.05) is 0 Å². The Labute approximate surface area is 157 Å². The van der Waals surface area contributed by atoms with Crippen LogP contribution in [0.15, 0.2) is 36.4 Å². The van der Waals surface area contributed by atoms with Gasteiger partial charge in [-0.3, -0.25) is 14.2 Å². The van der Waals surface area contributed by atoms with E-state index >= 15 is 0 Å². The van der Waals surface area contributed by atoms with Crippen LogP contribution in [0.4, 0.5) is 0 Å². The highest BCUT2D eigenvalue weighted by molar-refractivity contribution is 7.47. The molecule has 0 saturated heterocycles. The van der Waals surface area contributed by atoms with E-state index in [1.165, 1.54) is 45.6 Å². The molecule has 27 heavy (non-hydrogen) atoms. The molecule has 0 bridgehead atoms. The molecule has 0 spiro atoms. The number of hydrogen-bond donors (Lipinski definition) is 1. The van der Waals surface area contributed by atoms with Gasteiger partial charge >= 0.3 is 7.82 Å². The van der Waals surface area contributed by atoms with Crippen LogP contribution in [-0.2, 0) is 9.09 Å². The molecule has 0 aromatic heterocycles. The number of carbonyl (C=O) groups excluding carboxylic acids is 1. The summed E-state index contributed by atoms with van der Waals surface area (Å²) in [5.41, 5.74) is 0.546. The van der Waals surface area contributed by atoms with Gasteiger partial charge in [-0.05, 0) is 31.2 Å². The minimum absolute atomic E-state index is 0.0292. The summed E-state index contributed by atoms with van der Waals surface area (Å²) in [5.74, 6) is 0.827. The summed E-state index contributed by atoms with van der Waals surface area (Å²) in [7, 11) is 0.190. The van der Waals surface area contributed by atoms with Crippen molar-refractivity contribution in [2.24, 2.45) is 0 Å². The van der Waals surface area contributed by atoms with E-state index in [4.69, 9.17) is 18.7 Å². The van der Waals surface area contributed by atoms with Crippen molar-refractivity contribution >= 4 is 13.6 Å². The number of phosphoric acid groups is 1. The number of phosphoric ester groups is 1. The molecule has 0 radical (unpaired) electrons. The van der Waals surface area contributed by atoms with Crippen molar-refractivity contribution in [3.8, 4) is 23.0 Å². The van der Waals surface area contributed by atoms with Gasteiger partial charge in [-0.25, -0.2) is 4.57 Å². The van der Waals surface area contributed by atoms with Crippen molar-refractivity contribution in [3.05, 3.63) is 47.5 Å². The van der Waals surface area contributed by atoms with Gasteiger partial charge in [0.1, 0.15) is 28.6 Å². The molecular weight excluding hydrogens is 375 g/mol. The molecule has 1 atom stereocenters. The minimum Gasteiger partial charge on any atom is -0.496 e. The zero-order valence-electron chi connectivity index (χ0n) is 15.4. The predicted molar refractivity (Wildman–Crippen MR) is 98.1 cm³/mol. The summed E-state index contributed by atoms with van der Waals surface area (Å²) in [6.07, 6.45) is 0. The first-order valence-electron chi connectivity index (χ1n) is 7.96. The number of ether oxygens (including phenoxy) is 3. The number of benzene rings is 2. The number of rotatable bonds is 9. The predicted octanol–water partition coefficient (Wildman–Crippen LogP) is 3.46. The number of hydrogen-bond acceptors (Lipinski definition) is 7. The van der Waals surface area contributed by atoms with Crippen molar-refractivity contribution in [1.29, 1.82) is 0 Å². The quantitative estimate of drug-likeness (QED) is 0.508. The van der Waals surface area contributed by atoms with Gasteiger partial charge in [0.25, 0.3) is 0 Å². The summed E-state index contributed by atoms with van der Waals surface area (Å²) in [6, 6.07) is 8.89. The van der Waals surface area contributed by atoms with Crippen molar-refractivity contribution in [1.82, 2.24) is 0 Å². The molecule has 1 N–H and O–H groups in total. The average Bonchev–Trinajstić information content (AvgIpc) is 2.66. The lowest BCUT2D eigenvalue weighted by atomic mass is 10.0. The van der Waals surface area contributed by atoms with Gasteiger partial charge in [0, 0.05) is 17.7 Å². The van der Waals surface area contributed by atoms with Crippen LogP contribution >= 0.6 is 7.82 Å². The fourth-order valence-corrected chi connectivity index (χ4v) is 3.13. The maximum absolute atomic E-state index is 12.9. The second kappa shape index (κ2) is 8.90. The molecule has 0 aliphatic heterocycles. The number of methoxy groups -OCH3 is 3. The lowest BCUT2D eigenvalue weighted by Gasteiger charge is -2.15. The van der Waals surface area contributed by atoms with Crippen LogP contribution in [-0.4, -0.2) is 38.6 Å². The van der Waals surface area contributed by atoms with Crippen LogP contribution in [0.1, 0.15) is 22.8 Å². The Kier molecular flexibility index (Phi) is 6.85. The van der Waals surface area contributed by atoms with Gasteiger partial charge < -0.3 is 18.7 Å². The number of carbonyl (C=O) groups is 1. The third kappa shape index (κ3) is 5.01. The Morgan fingerprint density at radius 1 is 0.963 bits per heavy atom. The van der Waals surface area contributed by atoms with Gasteiger partial charge in [0.15, 0.2) is 0 Å². The van der Waals surface area contributed by atoms with Crippen LogP contribution < -0.4 is 18.7 Å². The van der Waals surface area contributed by atoms with E-state index in [1.54, 1.807) is 19.1 Å². The van der Waals surface area contributed by atoms with Crippen LogP contribution in [0.25, 0.3) is 0 Å². The first kappa shape index (κ1) is 20.8. The zero-order chi connectivity index (χ0) is 20.0. The fourth-order valence-electron chi connectivity index (χ4n) is 2.36. The van der Waals surface area contributed by atoms with E-state index in [2.05, 4.69) is 4.52 Å². The maximum atomic E-state index is 12.9. The lowest BCUT2D eigenvalue weighted by Crippen LogP contribution is -2.07. The first-order chi connectivity index (χ1) is 12.8. The summed E-state index contributed by atoms with van der Waals surface area (Å²) >= 11 is 0. The Balaban J connectivity index is 2.34. The maximum Gasteiger partial charge on any atom is 0.527 e. The minimum atomic E-state index is -4.18. The second-order valence-electron chi connectivity index (χ2n) is 5.24. The standard InChI is InChI=1S/C18H21O8P/c1-5-25-27(20,21)26-13-8-6-12(7-9-13)18(19)17-15(23-3)10-14(22-2)11-16(17)24-4/h6-11H,5H2,1-4H3,(H,20,21). The van der Waals surface area contributed by atoms with Crippen molar-refractivity contribution < 1.29 is 37.5 Å². The van der Waals surface area contributed by atoms with Crippen LogP contribution in [0.2, 0.25) is 0 Å². The topological polar surface area (TPSA) is 101 Å². The molecule has 1 unspecified atom stereocenters. The van der Waals surface area contributed by atoms with E-state index in [-0.39, 0.29) is 23.7 Å². The highest BCUT2D eigenvalue weighted by Gasteiger charge is 2.24. The molecular formula is C18H21O8P. The third-order valence-electron chi connectivity index (χ3n) is 3.57.